The normalized spacial score (nSPS) is 11.0. The number of imidazole rings is 1. The van der Waals surface area contributed by atoms with Crippen molar-refractivity contribution in [2.24, 2.45) is 7.05 Å². The Hall–Kier alpha value is -2.48. The average Bonchev–Trinajstić information content (AvgIpc) is 2.84. The zero-order valence-electron chi connectivity index (χ0n) is 11.6. The number of benzene rings is 1. The van der Waals surface area contributed by atoms with Gasteiger partial charge in [0, 0.05) is 21.4 Å². The molecule has 0 amide bonds. The molecule has 3 rings (SSSR count). The fraction of sp³-hybridized carbons (Fsp3) is 0.143. The van der Waals surface area contributed by atoms with Gasteiger partial charge in [-0.05, 0) is 23.1 Å². The van der Waals surface area contributed by atoms with Crippen LogP contribution in [0.15, 0.2) is 45.9 Å². The van der Waals surface area contributed by atoms with E-state index in [1.807, 2.05) is 12.1 Å². The molecule has 0 radical (unpaired) electrons. The van der Waals surface area contributed by atoms with Crippen LogP contribution in [0.4, 0.5) is 5.95 Å². The van der Waals surface area contributed by atoms with Crippen molar-refractivity contribution in [2.75, 3.05) is 0 Å². The summed E-state index contributed by atoms with van der Waals surface area (Å²) >= 11 is 3.42. The average molecular weight is 363 g/mol. The van der Waals surface area contributed by atoms with Gasteiger partial charge in [0.15, 0.2) is 0 Å². The third-order valence-electron chi connectivity index (χ3n) is 3.52. The Balaban J connectivity index is 2.07. The molecule has 8 heteroatoms. The lowest BCUT2D eigenvalue weighted by Crippen LogP contribution is -2.21. The van der Waals surface area contributed by atoms with E-state index < -0.39 is 4.92 Å². The zero-order valence-corrected chi connectivity index (χ0v) is 13.1. The van der Waals surface area contributed by atoms with Crippen molar-refractivity contribution in [3.8, 4) is 0 Å². The summed E-state index contributed by atoms with van der Waals surface area (Å²) in [7, 11) is 1.56. The van der Waals surface area contributed by atoms with Gasteiger partial charge < -0.3 is 14.7 Å². The van der Waals surface area contributed by atoms with E-state index in [-0.39, 0.29) is 18.1 Å². The van der Waals surface area contributed by atoms with Gasteiger partial charge in [-0.1, -0.05) is 27.0 Å². The van der Waals surface area contributed by atoms with Crippen LogP contribution in [0.5, 0.6) is 0 Å². The van der Waals surface area contributed by atoms with E-state index in [1.165, 1.54) is 15.3 Å². The van der Waals surface area contributed by atoms with Crippen LogP contribution in [-0.2, 0) is 13.6 Å². The van der Waals surface area contributed by atoms with Crippen molar-refractivity contribution < 1.29 is 4.92 Å². The second-order valence-electron chi connectivity index (χ2n) is 4.82. The Bertz CT molecular complexity index is 945. The summed E-state index contributed by atoms with van der Waals surface area (Å²) in [6.45, 7) is 0.221. The van der Waals surface area contributed by atoms with Gasteiger partial charge in [0.2, 0.25) is 0 Å². The maximum absolute atomic E-state index is 12.5. The van der Waals surface area contributed by atoms with E-state index in [1.54, 1.807) is 25.4 Å². The number of fused-ring (bicyclic) bond motifs is 1. The molecule has 22 heavy (non-hydrogen) atoms. The zero-order chi connectivity index (χ0) is 15.9. The maximum atomic E-state index is 12.5. The summed E-state index contributed by atoms with van der Waals surface area (Å²) < 4.78 is 3.73. The van der Waals surface area contributed by atoms with E-state index in [0.29, 0.717) is 11.1 Å². The molecule has 2 heterocycles. The first kappa shape index (κ1) is 14.5. The van der Waals surface area contributed by atoms with Crippen molar-refractivity contribution in [1.82, 2.24) is 14.1 Å². The van der Waals surface area contributed by atoms with Crippen LogP contribution in [0.3, 0.4) is 0 Å². The summed E-state index contributed by atoms with van der Waals surface area (Å²) in [4.78, 5) is 26.5. The Kier molecular flexibility index (Phi) is 3.53. The predicted molar refractivity (Wildman–Crippen MR) is 84.9 cm³/mol. The number of nitrogens with zero attached hydrogens (tertiary/aromatic N) is 4. The molecule has 2 aromatic heterocycles. The van der Waals surface area contributed by atoms with Crippen molar-refractivity contribution in [2.45, 2.75) is 6.54 Å². The molecule has 0 atom stereocenters. The largest absolute Gasteiger partial charge is 0.434 e. The van der Waals surface area contributed by atoms with Crippen LogP contribution in [0.2, 0.25) is 0 Å². The minimum Gasteiger partial charge on any atom is -0.390 e. The highest BCUT2D eigenvalue weighted by atomic mass is 79.9. The first-order chi connectivity index (χ1) is 10.5. The van der Waals surface area contributed by atoms with E-state index in [2.05, 4.69) is 20.9 Å². The van der Waals surface area contributed by atoms with Gasteiger partial charge in [-0.15, -0.1) is 0 Å². The Morgan fingerprint density at radius 2 is 2.09 bits per heavy atom. The molecule has 0 aliphatic carbocycles. The van der Waals surface area contributed by atoms with Gasteiger partial charge in [-0.25, -0.2) is 4.57 Å². The van der Waals surface area contributed by atoms with Gasteiger partial charge in [0.1, 0.15) is 11.9 Å². The van der Waals surface area contributed by atoms with Crippen molar-refractivity contribution in [1.29, 1.82) is 0 Å². The number of nitro groups is 1. The van der Waals surface area contributed by atoms with Crippen LogP contribution < -0.4 is 5.56 Å². The molecule has 112 valence electrons. The second kappa shape index (κ2) is 5.38. The van der Waals surface area contributed by atoms with Crippen LogP contribution in [0.25, 0.3) is 10.8 Å². The molecule has 0 fully saturated rings. The number of rotatable bonds is 3. The van der Waals surface area contributed by atoms with E-state index in [0.717, 1.165) is 9.86 Å². The lowest BCUT2D eigenvalue weighted by Gasteiger charge is -2.07. The molecule has 0 saturated carbocycles. The van der Waals surface area contributed by atoms with Crippen molar-refractivity contribution in [3.63, 3.8) is 0 Å². The van der Waals surface area contributed by atoms with Gasteiger partial charge in [0.05, 0.1) is 13.6 Å². The third-order valence-corrected chi connectivity index (χ3v) is 4.21. The van der Waals surface area contributed by atoms with E-state index in [4.69, 9.17) is 0 Å². The smallest absolute Gasteiger partial charge is 0.390 e. The van der Waals surface area contributed by atoms with Gasteiger partial charge >= 0.3 is 5.95 Å². The Morgan fingerprint density at radius 3 is 2.77 bits per heavy atom. The molecule has 1 aromatic carbocycles. The number of halogens is 1. The van der Waals surface area contributed by atoms with Gasteiger partial charge in [-0.2, -0.15) is 0 Å². The molecule has 3 aromatic rings. The summed E-state index contributed by atoms with van der Waals surface area (Å²) in [6.07, 6.45) is 3.09. The number of hydrogen-bond donors (Lipinski definition) is 0. The van der Waals surface area contributed by atoms with E-state index >= 15 is 0 Å². The molecule has 7 nitrogen and oxygen atoms in total. The standard InChI is InChI=1S/C14H11BrN4O3/c1-17-9(7-16-14(17)19(21)22)8-18-6-5-10-11(13(18)20)3-2-4-12(10)15/h2-7H,8H2,1H3. The van der Waals surface area contributed by atoms with Crippen molar-refractivity contribution >= 4 is 32.7 Å². The summed E-state index contributed by atoms with van der Waals surface area (Å²) in [5.74, 6) is -0.244. The highest BCUT2D eigenvalue weighted by molar-refractivity contribution is 9.10. The molecule has 0 N–H and O–H groups in total. The molecule has 0 unspecified atom stereocenters. The molecule has 0 aliphatic rings. The fourth-order valence-corrected chi connectivity index (χ4v) is 2.83. The molecule has 0 spiro atoms. The number of aromatic nitrogens is 3. The fourth-order valence-electron chi connectivity index (χ4n) is 2.33. The first-order valence-electron chi connectivity index (χ1n) is 6.41. The third kappa shape index (κ3) is 2.31. The monoisotopic (exact) mass is 362 g/mol. The lowest BCUT2D eigenvalue weighted by molar-refractivity contribution is -0.396. The lowest BCUT2D eigenvalue weighted by atomic mass is 10.2. The minimum atomic E-state index is -0.552. The summed E-state index contributed by atoms with van der Waals surface area (Å²) in [5, 5.41) is 12.2. The van der Waals surface area contributed by atoms with Crippen LogP contribution >= 0.6 is 15.9 Å². The minimum absolute atomic E-state index is 0.150. The van der Waals surface area contributed by atoms with Gasteiger partial charge in [-0.3, -0.25) is 4.79 Å². The SMILES string of the molecule is Cn1c(Cn2ccc3c(Br)cccc3c2=O)cnc1[N+](=O)[O-]. The van der Waals surface area contributed by atoms with Crippen LogP contribution in [0.1, 0.15) is 5.69 Å². The van der Waals surface area contributed by atoms with Crippen LogP contribution in [-0.4, -0.2) is 19.0 Å². The number of hydrogen-bond acceptors (Lipinski definition) is 4. The molecule has 0 saturated heterocycles. The number of pyridine rings is 1. The maximum Gasteiger partial charge on any atom is 0.434 e. The summed E-state index contributed by atoms with van der Waals surface area (Å²) in [6, 6.07) is 7.26. The second-order valence-corrected chi connectivity index (χ2v) is 5.67. The topological polar surface area (TPSA) is 83.0 Å². The Labute approximate surface area is 133 Å². The predicted octanol–water partition coefficient (Wildman–Crippen LogP) is 2.45. The molecular weight excluding hydrogens is 352 g/mol. The summed E-state index contributed by atoms with van der Waals surface area (Å²) in [5.41, 5.74) is 0.436. The molecule has 0 aliphatic heterocycles. The molecule has 0 bridgehead atoms. The first-order valence-corrected chi connectivity index (χ1v) is 7.21. The quantitative estimate of drug-likeness (QED) is 0.529. The molecular formula is C14H11BrN4O3. The Morgan fingerprint density at radius 1 is 1.32 bits per heavy atom. The highest BCUT2D eigenvalue weighted by Crippen LogP contribution is 2.21. The van der Waals surface area contributed by atoms with Crippen LogP contribution in [0, 0.1) is 10.1 Å². The van der Waals surface area contributed by atoms with E-state index in [9.17, 15) is 14.9 Å². The van der Waals surface area contributed by atoms with Crippen molar-refractivity contribution in [3.05, 3.63) is 67.3 Å². The van der Waals surface area contributed by atoms with Gasteiger partial charge in [0.25, 0.3) is 5.56 Å². The highest BCUT2D eigenvalue weighted by Gasteiger charge is 2.18.